The van der Waals surface area contributed by atoms with E-state index in [1.165, 1.54) is 5.56 Å². The second-order valence-electron chi connectivity index (χ2n) is 6.52. The highest BCUT2D eigenvalue weighted by Gasteiger charge is 2.34. The topological polar surface area (TPSA) is 42.7 Å². The summed E-state index contributed by atoms with van der Waals surface area (Å²) >= 11 is 0. The van der Waals surface area contributed by atoms with Crippen molar-refractivity contribution >= 4 is 11.6 Å². The van der Waals surface area contributed by atoms with E-state index in [0.29, 0.717) is 13.0 Å². The Hall–Kier alpha value is -3.01. The maximum absolute atomic E-state index is 12.9. The molecule has 1 aliphatic heterocycles. The molecule has 1 unspecified atom stereocenters. The number of fused-ring (bicyclic) bond motifs is 1. The van der Waals surface area contributed by atoms with Crippen LogP contribution in [0, 0.1) is 6.92 Å². The molecule has 0 N–H and O–H groups in total. The third-order valence-corrected chi connectivity index (χ3v) is 4.78. The number of hydrogen-bond donors (Lipinski definition) is 0. The first-order chi connectivity index (χ1) is 12.7. The SMILES string of the molecule is CCC1Oc2ccc(-c3ccccc3C)cc2N(Cc2ccco2)C1=O. The number of hydrogen-bond acceptors (Lipinski definition) is 3. The van der Waals surface area contributed by atoms with E-state index in [1.807, 2.05) is 43.3 Å². The minimum absolute atomic E-state index is 0.0293. The van der Waals surface area contributed by atoms with Crippen molar-refractivity contribution in [3.05, 3.63) is 72.2 Å². The van der Waals surface area contributed by atoms with Gasteiger partial charge in [0.05, 0.1) is 18.5 Å². The first kappa shape index (κ1) is 16.5. The summed E-state index contributed by atoms with van der Waals surface area (Å²) in [5.74, 6) is 1.46. The van der Waals surface area contributed by atoms with Crippen LogP contribution in [0.4, 0.5) is 5.69 Å². The molecule has 2 aromatic carbocycles. The number of anilines is 1. The molecule has 0 bridgehead atoms. The highest BCUT2D eigenvalue weighted by molar-refractivity contribution is 6.00. The second kappa shape index (κ2) is 6.71. The van der Waals surface area contributed by atoms with Crippen LogP contribution < -0.4 is 9.64 Å². The lowest BCUT2D eigenvalue weighted by atomic mass is 9.99. The Bertz CT molecular complexity index is 930. The molecule has 0 saturated carbocycles. The number of benzene rings is 2. The third-order valence-electron chi connectivity index (χ3n) is 4.78. The van der Waals surface area contributed by atoms with E-state index >= 15 is 0 Å². The van der Waals surface area contributed by atoms with Crippen LogP contribution in [0.1, 0.15) is 24.7 Å². The van der Waals surface area contributed by atoms with Crippen LogP contribution >= 0.6 is 0 Å². The number of rotatable bonds is 4. The minimum atomic E-state index is -0.457. The smallest absolute Gasteiger partial charge is 0.268 e. The normalized spacial score (nSPS) is 16.3. The number of aryl methyl sites for hydroxylation is 1. The molecule has 1 aromatic heterocycles. The van der Waals surface area contributed by atoms with Crippen molar-refractivity contribution in [1.29, 1.82) is 0 Å². The second-order valence-corrected chi connectivity index (χ2v) is 6.52. The third kappa shape index (κ3) is 2.88. The molecule has 2 heterocycles. The molecule has 4 nitrogen and oxygen atoms in total. The molecule has 0 aliphatic carbocycles. The average Bonchev–Trinajstić information content (AvgIpc) is 3.17. The van der Waals surface area contributed by atoms with Gasteiger partial charge in [-0.3, -0.25) is 9.69 Å². The van der Waals surface area contributed by atoms with Gasteiger partial charge in [0.15, 0.2) is 6.10 Å². The fraction of sp³-hybridized carbons (Fsp3) is 0.227. The lowest BCUT2D eigenvalue weighted by Gasteiger charge is -2.34. The quantitative estimate of drug-likeness (QED) is 0.670. The predicted octanol–water partition coefficient (Wildman–Crippen LogP) is 4.96. The first-order valence-corrected chi connectivity index (χ1v) is 8.88. The Morgan fingerprint density at radius 1 is 1.08 bits per heavy atom. The summed E-state index contributed by atoms with van der Waals surface area (Å²) in [5.41, 5.74) is 4.20. The van der Waals surface area contributed by atoms with Crippen molar-refractivity contribution in [3.8, 4) is 16.9 Å². The maximum Gasteiger partial charge on any atom is 0.268 e. The molecule has 132 valence electrons. The summed E-state index contributed by atoms with van der Waals surface area (Å²) < 4.78 is 11.4. The molecular weight excluding hydrogens is 326 g/mol. The van der Waals surface area contributed by atoms with E-state index in [-0.39, 0.29) is 5.91 Å². The fourth-order valence-electron chi connectivity index (χ4n) is 3.37. The van der Waals surface area contributed by atoms with Crippen LogP contribution in [0.15, 0.2) is 65.3 Å². The zero-order valence-electron chi connectivity index (χ0n) is 14.9. The fourth-order valence-corrected chi connectivity index (χ4v) is 3.37. The van der Waals surface area contributed by atoms with Gasteiger partial charge < -0.3 is 9.15 Å². The number of furan rings is 1. The van der Waals surface area contributed by atoms with Gasteiger partial charge in [0.1, 0.15) is 11.5 Å². The molecular formula is C22H21NO3. The predicted molar refractivity (Wildman–Crippen MR) is 101 cm³/mol. The number of ether oxygens (including phenoxy) is 1. The summed E-state index contributed by atoms with van der Waals surface area (Å²) in [4.78, 5) is 14.7. The van der Waals surface area contributed by atoms with Crippen molar-refractivity contribution < 1.29 is 13.9 Å². The van der Waals surface area contributed by atoms with Crippen LogP contribution in [-0.4, -0.2) is 12.0 Å². The average molecular weight is 347 g/mol. The largest absolute Gasteiger partial charge is 0.478 e. The van der Waals surface area contributed by atoms with Gasteiger partial charge in [0.2, 0.25) is 0 Å². The van der Waals surface area contributed by atoms with E-state index in [4.69, 9.17) is 9.15 Å². The van der Waals surface area contributed by atoms with Crippen molar-refractivity contribution in [2.24, 2.45) is 0 Å². The Kier molecular flexibility index (Phi) is 4.25. The van der Waals surface area contributed by atoms with Gasteiger partial charge in [0.25, 0.3) is 5.91 Å². The van der Waals surface area contributed by atoms with Crippen molar-refractivity contribution in [3.63, 3.8) is 0 Å². The summed E-state index contributed by atoms with van der Waals surface area (Å²) in [5, 5.41) is 0. The standard InChI is InChI=1S/C22H21NO3/c1-3-20-22(24)23(14-17-8-6-12-25-17)19-13-16(10-11-21(19)26-20)18-9-5-4-7-15(18)2/h4-13,20H,3,14H2,1-2H3. The minimum Gasteiger partial charge on any atom is -0.478 e. The number of carbonyl (C=O) groups excluding carboxylic acids is 1. The molecule has 1 aliphatic rings. The Balaban J connectivity index is 1.79. The first-order valence-electron chi connectivity index (χ1n) is 8.88. The summed E-state index contributed by atoms with van der Waals surface area (Å²) in [6.07, 6.45) is 1.80. The van der Waals surface area contributed by atoms with Gasteiger partial charge in [-0.1, -0.05) is 37.3 Å². The molecule has 0 saturated heterocycles. The highest BCUT2D eigenvalue weighted by atomic mass is 16.5. The van der Waals surface area contributed by atoms with Gasteiger partial charge in [-0.05, 0) is 54.3 Å². The monoisotopic (exact) mass is 347 g/mol. The van der Waals surface area contributed by atoms with Crippen molar-refractivity contribution in [1.82, 2.24) is 0 Å². The van der Waals surface area contributed by atoms with Gasteiger partial charge >= 0.3 is 0 Å². The molecule has 26 heavy (non-hydrogen) atoms. The highest BCUT2D eigenvalue weighted by Crippen LogP contribution is 2.39. The number of amides is 1. The molecule has 1 amide bonds. The molecule has 3 aromatic rings. The number of carbonyl (C=O) groups is 1. The molecule has 4 heteroatoms. The van der Waals surface area contributed by atoms with Gasteiger partial charge in [0, 0.05) is 0 Å². The zero-order valence-corrected chi connectivity index (χ0v) is 14.9. The van der Waals surface area contributed by atoms with E-state index in [9.17, 15) is 4.79 Å². The van der Waals surface area contributed by atoms with E-state index in [2.05, 4.69) is 25.1 Å². The molecule has 4 rings (SSSR count). The lowest BCUT2D eigenvalue weighted by Crippen LogP contribution is -2.45. The van der Waals surface area contributed by atoms with Crippen LogP contribution in [0.25, 0.3) is 11.1 Å². The summed E-state index contributed by atoms with van der Waals surface area (Å²) in [7, 11) is 0. The van der Waals surface area contributed by atoms with Crippen molar-refractivity contribution in [2.75, 3.05) is 4.90 Å². The van der Waals surface area contributed by atoms with Crippen molar-refractivity contribution in [2.45, 2.75) is 32.9 Å². The Morgan fingerprint density at radius 3 is 2.65 bits per heavy atom. The number of nitrogens with zero attached hydrogens (tertiary/aromatic N) is 1. The zero-order chi connectivity index (χ0) is 18.1. The Morgan fingerprint density at radius 2 is 1.92 bits per heavy atom. The molecule has 0 spiro atoms. The molecule has 0 fully saturated rings. The summed E-state index contributed by atoms with van der Waals surface area (Å²) in [6, 6.07) is 18.0. The van der Waals surface area contributed by atoms with Crippen LogP contribution in [0.2, 0.25) is 0 Å². The van der Waals surface area contributed by atoms with Gasteiger partial charge in [-0.2, -0.15) is 0 Å². The molecule has 1 atom stereocenters. The van der Waals surface area contributed by atoms with E-state index in [0.717, 1.165) is 28.3 Å². The van der Waals surface area contributed by atoms with Gasteiger partial charge in [-0.25, -0.2) is 0 Å². The lowest BCUT2D eigenvalue weighted by molar-refractivity contribution is -0.126. The maximum atomic E-state index is 12.9. The van der Waals surface area contributed by atoms with Crippen LogP contribution in [-0.2, 0) is 11.3 Å². The van der Waals surface area contributed by atoms with E-state index < -0.39 is 6.10 Å². The van der Waals surface area contributed by atoms with E-state index in [1.54, 1.807) is 11.2 Å². The Labute approximate surface area is 153 Å². The summed E-state index contributed by atoms with van der Waals surface area (Å²) in [6.45, 7) is 4.44. The molecule has 0 radical (unpaired) electrons. The van der Waals surface area contributed by atoms with Crippen LogP contribution in [0.5, 0.6) is 5.75 Å². The van der Waals surface area contributed by atoms with Gasteiger partial charge in [-0.15, -0.1) is 0 Å². The van der Waals surface area contributed by atoms with Crippen LogP contribution in [0.3, 0.4) is 0 Å².